The Labute approximate surface area is 130 Å². The molecule has 2 nitrogen and oxygen atoms in total. The molecule has 0 saturated carbocycles. The van der Waals surface area contributed by atoms with Gasteiger partial charge in [-0.3, -0.25) is 0 Å². The fourth-order valence-corrected chi connectivity index (χ4v) is 3.86. The lowest BCUT2D eigenvalue weighted by atomic mass is 9.86. The van der Waals surface area contributed by atoms with E-state index >= 15 is 0 Å². The lowest BCUT2D eigenvalue weighted by Gasteiger charge is -2.27. The van der Waals surface area contributed by atoms with Gasteiger partial charge in [0.2, 0.25) is 0 Å². The van der Waals surface area contributed by atoms with Crippen molar-refractivity contribution in [2.45, 2.75) is 18.1 Å². The van der Waals surface area contributed by atoms with Gasteiger partial charge in [-0.05, 0) is 34.5 Å². The Morgan fingerprint density at radius 1 is 0.864 bits per heavy atom. The molecule has 3 aromatic carbocycles. The lowest BCUT2D eigenvalue weighted by Crippen LogP contribution is -2.26. The van der Waals surface area contributed by atoms with Gasteiger partial charge < -0.3 is 10.4 Å². The summed E-state index contributed by atoms with van der Waals surface area (Å²) in [5.41, 5.74) is 3.50. The van der Waals surface area contributed by atoms with Gasteiger partial charge in [-0.1, -0.05) is 66.7 Å². The molecular weight excluding hydrogens is 270 g/mol. The zero-order valence-electron chi connectivity index (χ0n) is 12.5. The summed E-state index contributed by atoms with van der Waals surface area (Å²) in [6.45, 7) is 0. The predicted octanol–water partition coefficient (Wildman–Crippen LogP) is 3.93. The molecule has 1 aliphatic rings. The fraction of sp³-hybridized carbons (Fsp3) is 0.200. The van der Waals surface area contributed by atoms with Crippen molar-refractivity contribution in [3.05, 3.63) is 83.4 Å². The van der Waals surface area contributed by atoms with Crippen LogP contribution in [-0.2, 0) is 0 Å². The molecule has 22 heavy (non-hydrogen) atoms. The van der Waals surface area contributed by atoms with E-state index in [1.54, 1.807) is 0 Å². The van der Waals surface area contributed by atoms with Gasteiger partial charge in [-0.2, -0.15) is 0 Å². The average Bonchev–Trinajstić information content (AvgIpc) is 2.85. The molecule has 0 saturated heterocycles. The third-order valence-electron chi connectivity index (χ3n) is 4.82. The number of nitrogens with one attached hydrogen (secondary N) is 1. The summed E-state index contributed by atoms with van der Waals surface area (Å²) in [4.78, 5) is 0. The molecule has 0 bridgehead atoms. The number of aliphatic hydroxyl groups excluding tert-OH is 1. The normalized spacial score (nSPS) is 21.2. The van der Waals surface area contributed by atoms with Gasteiger partial charge in [-0.15, -0.1) is 0 Å². The number of hydrogen-bond acceptors (Lipinski definition) is 2. The second-order valence-electron chi connectivity index (χ2n) is 5.94. The average molecular weight is 289 g/mol. The van der Waals surface area contributed by atoms with Crippen LogP contribution in [0.15, 0.2) is 66.7 Å². The predicted molar refractivity (Wildman–Crippen MR) is 89.9 cm³/mol. The Hall–Kier alpha value is -2.16. The van der Waals surface area contributed by atoms with Crippen LogP contribution in [0.5, 0.6) is 0 Å². The second-order valence-corrected chi connectivity index (χ2v) is 5.94. The van der Waals surface area contributed by atoms with Crippen LogP contribution in [0.2, 0.25) is 0 Å². The van der Waals surface area contributed by atoms with E-state index in [9.17, 15) is 5.11 Å². The van der Waals surface area contributed by atoms with Crippen molar-refractivity contribution in [3.63, 3.8) is 0 Å². The van der Waals surface area contributed by atoms with Crippen LogP contribution in [0.25, 0.3) is 10.8 Å². The van der Waals surface area contributed by atoms with Crippen molar-refractivity contribution < 1.29 is 5.11 Å². The van der Waals surface area contributed by atoms with E-state index in [-0.39, 0.29) is 12.0 Å². The minimum Gasteiger partial charge on any atom is -0.388 e. The third kappa shape index (κ3) is 1.88. The van der Waals surface area contributed by atoms with Gasteiger partial charge in [0.25, 0.3) is 0 Å². The summed E-state index contributed by atoms with van der Waals surface area (Å²) in [5, 5.41) is 16.8. The molecule has 0 fully saturated rings. The molecule has 3 aromatic rings. The number of rotatable bonds is 3. The van der Waals surface area contributed by atoms with Crippen molar-refractivity contribution in [1.82, 2.24) is 5.32 Å². The van der Waals surface area contributed by atoms with Crippen molar-refractivity contribution in [3.8, 4) is 0 Å². The van der Waals surface area contributed by atoms with Gasteiger partial charge in [0.15, 0.2) is 0 Å². The zero-order chi connectivity index (χ0) is 15.1. The van der Waals surface area contributed by atoms with Crippen molar-refractivity contribution in [2.75, 3.05) is 7.05 Å². The van der Waals surface area contributed by atoms with E-state index in [0.717, 1.165) is 5.56 Å². The molecule has 4 rings (SSSR count). The Morgan fingerprint density at radius 3 is 2.23 bits per heavy atom. The Kier molecular flexibility index (Phi) is 3.21. The summed E-state index contributed by atoms with van der Waals surface area (Å²) < 4.78 is 0. The van der Waals surface area contributed by atoms with E-state index < -0.39 is 6.10 Å². The van der Waals surface area contributed by atoms with Gasteiger partial charge in [0, 0.05) is 12.0 Å². The molecule has 3 atom stereocenters. The van der Waals surface area contributed by atoms with Crippen LogP contribution >= 0.6 is 0 Å². The van der Waals surface area contributed by atoms with Crippen molar-refractivity contribution >= 4 is 10.8 Å². The first kappa shape index (κ1) is 13.5. The SMILES string of the molecule is CN[C@H](c1ccccc1)[C@H]1c2cccc3cccc(c23)[C@@H]1O. The smallest absolute Gasteiger partial charge is 0.0883 e. The molecule has 2 heteroatoms. The van der Waals surface area contributed by atoms with Crippen LogP contribution in [-0.4, -0.2) is 12.2 Å². The number of hydrogen-bond donors (Lipinski definition) is 2. The largest absolute Gasteiger partial charge is 0.388 e. The van der Waals surface area contributed by atoms with Gasteiger partial charge in [0.1, 0.15) is 0 Å². The van der Waals surface area contributed by atoms with Crippen LogP contribution in [0.3, 0.4) is 0 Å². The highest BCUT2D eigenvalue weighted by Gasteiger charge is 2.38. The first-order valence-electron chi connectivity index (χ1n) is 7.73. The summed E-state index contributed by atoms with van der Waals surface area (Å²) in [6, 6.07) is 23.0. The highest BCUT2D eigenvalue weighted by atomic mass is 16.3. The lowest BCUT2D eigenvalue weighted by molar-refractivity contribution is 0.134. The highest BCUT2D eigenvalue weighted by molar-refractivity contribution is 5.92. The molecule has 110 valence electrons. The summed E-state index contributed by atoms with van der Waals surface area (Å²) in [7, 11) is 1.97. The van der Waals surface area contributed by atoms with Crippen molar-refractivity contribution in [1.29, 1.82) is 0 Å². The molecule has 0 heterocycles. The maximum atomic E-state index is 10.9. The first-order valence-corrected chi connectivity index (χ1v) is 7.73. The highest BCUT2D eigenvalue weighted by Crippen LogP contribution is 2.50. The Bertz CT molecular complexity index is 807. The van der Waals surface area contributed by atoms with Crippen LogP contribution in [0, 0.1) is 0 Å². The van der Waals surface area contributed by atoms with Crippen LogP contribution < -0.4 is 5.32 Å². The zero-order valence-corrected chi connectivity index (χ0v) is 12.5. The topological polar surface area (TPSA) is 32.3 Å². The number of likely N-dealkylation sites (N-methyl/N-ethyl adjacent to an activating group) is 1. The van der Waals surface area contributed by atoms with Gasteiger partial charge in [0.05, 0.1) is 6.10 Å². The van der Waals surface area contributed by atoms with Crippen molar-refractivity contribution in [2.24, 2.45) is 0 Å². The Balaban J connectivity index is 1.89. The first-order chi connectivity index (χ1) is 10.8. The molecule has 0 unspecified atom stereocenters. The maximum absolute atomic E-state index is 10.9. The molecule has 0 aromatic heterocycles. The summed E-state index contributed by atoms with van der Waals surface area (Å²) >= 11 is 0. The summed E-state index contributed by atoms with van der Waals surface area (Å²) in [6.07, 6.45) is -0.473. The number of benzene rings is 3. The van der Waals surface area contributed by atoms with E-state index in [1.165, 1.54) is 21.9 Å². The minimum absolute atomic E-state index is 0.0356. The van der Waals surface area contributed by atoms with E-state index in [4.69, 9.17) is 0 Å². The molecule has 1 aliphatic carbocycles. The van der Waals surface area contributed by atoms with Gasteiger partial charge >= 0.3 is 0 Å². The monoisotopic (exact) mass is 289 g/mol. The molecule has 0 radical (unpaired) electrons. The molecular formula is C20H19NO. The fourth-order valence-electron chi connectivity index (χ4n) is 3.86. The molecule has 0 aliphatic heterocycles. The van der Waals surface area contributed by atoms with Crippen LogP contribution in [0.1, 0.15) is 34.8 Å². The summed E-state index contributed by atoms with van der Waals surface area (Å²) in [5.74, 6) is 0.0356. The maximum Gasteiger partial charge on any atom is 0.0883 e. The standard InChI is InChI=1S/C20H19NO/c1-21-19(14-7-3-2-4-8-14)18-15-11-5-9-13-10-6-12-16(17(13)15)20(18)22/h2-12,18-22H,1H3/t18-,19-,20+/m1/s1. The van der Waals surface area contributed by atoms with E-state index in [1.807, 2.05) is 25.2 Å². The third-order valence-corrected chi connectivity index (χ3v) is 4.82. The van der Waals surface area contributed by atoms with E-state index in [2.05, 4.69) is 53.8 Å². The molecule has 2 N–H and O–H groups in total. The minimum atomic E-state index is -0.473. The second kappa shape index (κ2) is 5.24. The van der Waals surface area contributed by atoms with Crippen LogP contribution in [0.4, 0.5) is 0 Å². The van der Waals surface area contributed by atoms with Gasteiger partial charge in [-0.25, -0.2) is 0 Å². The molecule has 0 amide bonds. The quantitative estimate of drug-likeness (QED) is 0.765. The molecule has 0 spiro atoms. The Morgan fingerprint density at radius 2 is 1.55 bits per heavy atom. The van der Waals surface area contributed by atoms with E-state index in [0.29, 0.717) is 0 Å². The number of aliphatic hydroxyl groups is 1.